The normalized spacial score (nSPS) is 11.1. The summed E-state index contributed by atoms with van der Waals surface area (Å²) in [7, 11) is -2.84. The first-order chi connectivity index (χ1) is 10.1. The van der Waals surface area contributed by atoms with Crippen LogP contribution in [0, 0.1) is 0 Å². The fourth-order valence-corrected chi connectivity index (χ4v) is 3.90. The summed E-state index contributed by atoms with van der Waals surface area (Å²) >= 11 is 0. The SMILES string of the molecule is CCCCCCCCS(=O)(=O)CCCC[n+]1ccccc1.[Br-]. The maximum absolute atomic E-state index is 11.9. The van der Waals surface area contributed by atoms with E-state index < -0.39 is 9.84 Å². The average Bonchev–Trinajstić information content (AvgIpc) is 2.48. The van der Waals surface area contributed by atoms with E-state index in [4.69, 9.17) is 0 Å². The van der Waals surface area contributed by atoms with Crippen LogP contribution in [0.25, 0.3) is 0 Å². The molecule has 0 spiro atoms. The second-order valence-electron chi connectivity index (χ2n) is 5.74. The molecule has 1 aromatic rings. The number of aromatic nitrogens is 1. The number of sulfone groups is 1. The van der Waals surface area contributed by atoms with Crippen molar-refractivity contribution in [3.05, 3.63) is 30.6 Å². The van der Waals surface area contributed by atoms with Gasteiger partial charge < -0.3 is 17.0 Å². The fraction of sp³-hybridized carbons (Fsp3) is 0.706. The molecule has 0 aliphatic carbocycles. The van der Waals surface area contributed by atoms with Crippen LogP contribution in [0.3, 0.4) is 0 Å². The van der Waals surface area contributed by atoms with Gasteiger partial charge in [0, 0.05) is 18.6 Å². The Morgan fingerprint density at radius 2 is 1.32 bits per heavy atom. The molecule has 0 unspecified atom stereocenters. The van der Waals surface area contributed by atoms with Gasteiger partial charge in [-0.25, -0.2) is 13.0 Å². The molecule has 0 aliphatic heterocycles. The summed E-state index contributed by atoms with van der Waals surface area (Å²) in [6.07, 6.45) is 12.5. The number of halogens is 1. The highest BCUT2D eigenvalue weighted by atomic mass is 79.9. The predicted molar refractivity (Wildman–Crippen MR) is 87.9 cm³/mol. The predicted octanol–water partition coefficient (Wildman–Crippen LogP) is 0.534. The first kappa shape index (κ1) is 21.6. The summed E-state index contributed by atoms with van der Waals surface area (Å²) in [5.74, 6) is 0.715. The van der Waals surface area contributed by atoms with Crippen molar-refractivity contribution < 1.29 is 30.0 Å². The Morgan fingerprint density at radius 1 is 0.773 bits per heavy atom. The van der Waals surface area contributed by atoms with Crippen LogP contribution >= 0.6 is 0 Å². The van der Waals surface area contributed by atoms with E-state index in [1.165, 1.54) is 25.7 Å². The van der Waals surface area contributed by atoms with Crippen LogP contribution in [0.4, 0.5) is 0 Å². The lowest BCUT2D eigenvalue weighted by Crippen LogP contribution is -3.00. The first-order valence-electron chi connectivity index (χ1n) is 8.28. The van der Waals surface area contributed by atoms with Gasteiger partial charge in [0.15, 0.2) is 12.4 Å². The van der Waals surface area contributed by atoms with Crippen LogP contribution in [0.5, 0.6) is 0 Å². The minimum absolute atomic E-state index is 0. The zero-order valence-corrected chi connectivity index (χ0v) is 16.1. The van der Waals surface area contributed by atoms with Crippen molar-refractivity contribution in [1.29, 1.82) is 0 Å². The number of rotatable bonds is 12. The third-order valence-electron chi connectivity index (χ3n) is 3.71. The number of hydrogen-bond acceptors (Lipinski definition) is 2. The Hall–Kier alpha value is -0.420. The quantitative estimate of drug-likeness (QED) is 0.385. The van der Waals surface area contributed by atoms with Crippen molar-refractivity contribution in [2.75, 3.05) is 11.5 Å². The summed E-state index contributed by atoms with van der Waals surface area (Å²) < 4.78 is 25.9. The van der Waals surface area contributed by atoms with Crippen LogP contribution in [-0.2, 0) is 16.4 Å². The maximum Gasteiger partial charge on any atom is 0.168 e. The van der Waals surface area contributed by atoms with Crippen molar-refractivity contribution in [1.82, 2.24) is 0 Å². The Labute approximate surface area is 146 Å². The zero-order chi connectivity index (χ0) is 15.4. The van der Waals surface area contributed by atoms with Crippen LogP contribution in [-0.4, -0.2) is 19.9 Å². The van der Waals surface area contributed by atoms with Gasteiger partial charge in [0.05, 0.1) is 11.5 Å². The molecule has 5 heteroatoms. The molecule has 0 atom stereocenters. The van der Waals surface area contributed by atoms with Gasteiger partial charge in [-0.15, -0.1) is 0 Å². The summed E-state index contributed by atoms with van der Waals surface area (Å²) in [5, 5.41) is 0. The summed E-state index contributed by atoms with van der Waals surface area (Å²) in [6.45, 7) is 3.09. The Bertz CT molecular complexity index is 463. The van der Waals surface area contributed by atoms with Crippen molar-refractivity contribution in [3.63, 3.8) is 0 Å². The van der Waals surface area contributed by atoms with Crippen molar-refractivity contribution >= 4 is 9.84 Å². The molecule has 0 saturated heterocycles. The van der Waals surface area contributed by atoms with Gasteiger partial charge in [0.2, 0.25) is 0 Å². The van der Waals surface area contributed by atoms with Crippen molar-refractivity contribution in [3.8, 4) is 0 Å². The second kappa shape index (κ2) is 13.1. The van der Waals surface area contributed by atoms with Crippen LogP contribution in [0.1, 0.15) is 58.3 Å². The highest BCUT2D eigenvalue weighted by Crippen LogP contribution is 2.07. The molecule has 0 fully saturated rings. The third kappa shape index (κ3) is 11.2. The molecule has 1 rings (SSSR count). The zero-order valence-electron chi connectivity index (χ0n) is 13.7. The standard InChI is InChI=1S/C17H30NO2S.BrH/c1-2-3-4-5-6-11-16-21(19,20)17-12-10-15-18-13-8-7-9-14-18;/h7-9,13-14H,2-6,10-12,15-17H2,1H3;1H/q+1;/p-1. The number of nitrogens with zero attached hydrogens (tertiary/aromatic N) is 1. The smallest absolute Gasteiger partial charge is 0.168 e. The molecule has 3 nitrogen and oxygen atoms in total. The van der Waals surface area contributed by atoms with Gasteiger partial charge in [-0.1, -0.05) is 45.1 Å². The number of unbranched alkanes of at least 4 members (excludes halogenated alkanes) is 6. The molecule has 0 amide bonds. The first-order valence-corrected chi connectivity index (χ1v) is 10.1. The molecule has 128 valence electrons. The van der Waals surface area contributed by atoms with E-state index in [2.05, 4.69) is 11.5 Å². The van der Waals surface area contributed by atoms with E-state index in [1.54, 1.807) is 0 Å². The number of hydrogen-bond donors (Lipinski definition) is 0. The number of pyridine rings is 1. The van der Waals surface area contributed by atoms with Gasteiger partial charge in [-0.2, -0.15) is 0 Å². The molecule has 0 aromatic carbocycles. The van der Waals surface area contributed by atoms with E-state index in [0.29, 0.717) is 11.5 Å². The van der Waals surface area contributed by atoms with Gasteiger partial charge in [0.1, 0.15) is 16.4 Å². The second-order valence-corrected chi connectivity index (χ2v) is 8.04. The van der Waals surface area contributed by atoms with Gasteiger partial charge >= 0.3 is 0 Å². The summed E-state index contributed by atoms with van der Waals surface area (Å²) in [5.41, 5.74) is 0. The fourth-order valence-electron chi connectivity index (χ4n) is 2.40. The third-order valence-corrected chi connectivity index (χ3v) is 5.53. The number of aryl methyl sites for hydroxylation is 1. The van der Waals surface area contributed by atoms with Gasteiger partial charge in [-0.05, 0) is 12.8 Å². The lowest BCUT2D eigenvalue weighted by Gasteiger charge is -2.04. The van der Waals surface area contributed by atoms with E-state index >= 15 is 0 Å². The molecule has 0 N–H and O–H groups in total. The van der Waals surface area contributed by atoms with Crippen LogP contribution in [0.2, 0.25) is 0 Å². The molecule has 1 heterocycles. The Balaban J connectivity index is 0.00000441. The molecule has 0 bridgehead atoms. The molecule has 0 radical (unpaired) electrons. The van der Waals surface area contributed by atoms with E-state index in [-0.39, 0.29) is 17.0 Å². The molecular formula is C17H30BrNO2S. The molecule has 0 saturated carbocycles. The summed E-state index contributed by atoms with van der Waals surface area (Å²) in [6, 6.07) is 5.98. The molecule has 0 aliphatic rings. The molecule has 1 aromatic heterocycles. The van der Waals surface area contributed by atoms with Gasteiger partial charge in [0.25, 0.3) is 0 Å². The van der Waals surface area contributed by atoms with E-state index in [1.807, 2.05) is 30.6 Å². The summed E-state index contributed by atoms with van der Waals surface area (Å²) in [4.78, 5) is 0. The molecular weight excluding hydrogens is 362 g/mol. The van der Waals surface area contributed by atoms with Crippen LogP contribution in [0.15, 0.2) is 30.6 Å². The highest BCUT2D eigenvalue weighted by Gasteiger charge is 2.10. The lowest BCUT2D eigenvalue weighted by atomic mass is 10.1. The van der Waals surface area contributed by atoms with Crippen molar-refractivity contribution in [2.24, 2.45) is 0 Å². The monoisotopic (exact) mass is 391 g/mol. The lowest BCUT2D eigenvalue weighted by molar-refractivity contribution is -0.697. The minimum Gasteiger partial charge on any atom is -1.00 e. The Kier molecular flexibility index (Phi) is 12.8. The highest BCUT2D eigenvalue weighted by molar-refractivity contribution is 7.91. The maximum atomic E-state index is 11.9. The van der Waals surface area contributed by atoms with E-state index in [9.17, 15) is 8.42 Å². The average molecular weight is 392 g/mol. The minimum atomic E-state index is -2.84. The molecule has 22 heavy (non-hydrogen) atoms. The Morgan fingerprint density at radius 3 is 1.95 bits per heavy atom. The topological polar surface area (TPSA) is 38.0 Å². The van der Waals surface area contributed by atoms with E-state index in [0.717, 1.165) is 32.2 Å². The van der Waals surface area contributed by atoms with Gasteiger partial charge in [-0.3, -0.25) is 0 Å². The largest absolute Gasteiger partial charge is 1.00 e. The van der Waals surface area contributed by atoms with Crippen LogP contribution < -0.4 is 21.5 Å². The van der Waals surface area contributed by atoms with Crippen molar-refractivity contribution in [2.45, 2.75) is 64.8 Å².